The third-order valence-corrected chi connectivity index (χ3v) is 10.4. The maximum Gasteiger partial charge on any atom is 0.272 e. The molecule has 5 fully saturated rings. The van der Waals surface area contributed by atoms with Gasteiger partial charge in [0.25, 0.3) is 5.91 Å². The fourth-order valence-electron chi connectivity index (χ4n) is 8.83. The normalized spacial score (nSPS) is 35.8. The summed E-state index contributed by atoms with van der Waals surface area (Å²) in [6.45, 7) is 5.65. The lowest BCUT2D eigenvalue weighted by molar-refractivity contribution is -0.0120. The summed E-state index contributed by atoms with van der Waals surface area (Å²) in [6, 6.07) is 1.38. The van der Waals surface area contributed by atoms with Crippen molar-refractivity contribution in [1.82, 2.24) is 20.4 Å². The lowest BCUT2D eigenvalue weighted by Crippen LogP contribution is -2.56. The molecule has 4 bridgehead atoms. The maximum atomic E-state index is 13.9. The van der Waals surface area contributed by atoms with Crippen LogP contribution < -0.4 is 10.6 Å². The van der Waals surface area contributed by atoms with Gasteiger partial charge in [0.1, 0.15) is 0 Å². The Morgan fingerprint density at radius 2 is 1.74 bits per heavy atom. The molecule has 1 amide bonds. The van der Waals surface area contributed by atoms with E-state index >= 15 is 0 Å². The summed E-state index contributed by atoms with van der Waals surface area (Å²) in [7, 11) is 0. The van der Waals surface area contributed by atoms with Crippen molar-refractivity contribution in [2.45, 2.75) is 122 Å². The van der Waals surface area contributed by atoms with E-state index in [1.54, 1.807) is 0 Å². The summed E-state index contributed by atoms with van der Waals surface area (Å²) in [5, 5.41) is 12.5. The molecule has 188 valence electrons. The summed E-state index contributed by atoms with van der Waals surface area (Å²) in [5.74, 6) is 4.03. The average molecular weight is 467 g/mol. The maximum absolute atomic E-state index is 13.9. The Labute approximate surface area is 206 Å². The van der Waals surface area contributed by atoms with Crippen molar-refractivity contribution < 1.29 is 4.79 Å². The zero-order valence-electron chi connectivity index (χ0n) is 21.5. The number of aromatic nitrogens is 2. The second-order valence-corrected chi connectivity index (χ2v) is 12.7. The molecule has 34 heavy (non-hydrogen) atoms. The number of carbonyl (C=O) groups is 1. The number of nitrogens with zero attached hydrogens (tertiary/aromatic N) is 2. The fraction of sp³-hybridized carbons (Fsp3) is 0.862. The van der Waals surface area contributed by atoms with Crippen LogP contribution in [-0.4, -0.2) is 34.3 Å². The third kappa shape index (κ3) is 4.24. The molecule has 1 aromatic heterocycles. The highest BCUT2D eigenvalue weighted by Crippen LogP contribution is 2.53. The SMILES string of the molecule is CCCNC(C)C1CCc2c(c(C(=O)NC3C4CC5CC(C4)CC3C5)nn2C2CCCCC2)C1. The zero-order chi connectivity index (χ0) is 23.2. The van der Waals surface area contributed by atoms with Crippen LogP contribution in [0.2, 0.25) is 0 Å². The van der Waals surface area contributed by atoms with E-state index in [4.69, 9.17) is 5.10 Å². The standard InChI is InChI=1S/C29H46N4O/c1-3-11-30-18(2)21-9-10-26-25(17-21)28(32-33(26)24-7-5-4-6-8-24)29(34)31-27-22-13-19-12-20(15-22)16-23(27)14-19/h18-24,27,30H,3-17H2,1-2H3,(H,31,34). The highest BCUT2D eigenvalue weighted by molar-refractivity contribution is 5.94. The van der Waals surface area contributed by atoms with E-state index in [2.05, 4.69) is 29.2 Å². The number of hydrogen-bond donors (Lipinski definition) is 2. The van der Waals surface area contributed by atoms with Crippen molar-refractivity contribution >= 4 is 5.91 Å². The molecule has 2 N–H and O–H groups in total. The number of nitrogens with one attached hydrogen (secondary N) is 2. The van der Waals surface area contributed by atoms with Crippen LogP contribution in [0.1, 0.15) is 119 Å². The minimum absolute atomic E-state index is 0.137. The van der Waals surface area contributed by atoms with Gasteiger partial charge in [0, 0.05) is 23.3 Å². The topological polar surface area (TPSA) is 59.0 Å². The molecule has 1 heterocycles. The number of rotatable bonds is 7. The molecule has 5 saturated carbocycles. The van der Waals surface area contributed by atoms with Gasteiger partial charge in [-0.3, -0.25) is 9.48 Å². The van der Waals surface area contributed by atoms with Gasteiger partial charge in [-0.05, 0) is 114 Å². The first-order valence-corrected chi connectivity index (χ1v) is 14.7. The quantitative estimate of drug-likeness (QED) is 0.563. The van der Waals surface area contributed by atoms with Gasteiger partial charge in [0.2, 0.25) is 0 Å². The van der Waals surface area contributed by atoms with Crippen molar-refractivity contribution in [3.8, 4) is 0 Å². The van der Waals surface area contributed by atoms with Gasteiger partial charge < -0.3 is 10.6 Å². The van der Waals surface area contributed by atoms with Crippen molar-refractivity contribution in [1.29, 1.82) is 0 Å². The van der Waals surface area contributed by atoms with Gasteiger partial charge in [-0.25, -0.2) is 0 Å². The van der Waals surface area contributed by atoms with E-state index < -0.39 is 0 Å². The molecule has 7 rings (SSSR count). The highest BCUT2D eigenvalue weighted by Gasteiger charge is 2.49. The van der Waals surface area contributed by atoms with E-state index in [1.165, 1.54) is 88.3 Å². The monoisotopic (exact) mass is 466 g/mol. The van der Waals surface area contributed by atoms with Crippen LogP contribution in [0.5, 0.6) is 0 Å². The van der Waals surface area contributed by atoms with Crippen molar-refractivity contribution in [2.24, 2.45) is 29.6 Å². The zero-order valence-corrected chi connectivity index (χ0v) is 21.5. The number of hydrogen-bond acceptors (Lipinski definition) is 3. The van der Waals surface area contributed by atoms with Crippen LogP contribution in [-0.2, 0) is 12.8 Å². The van der Waals surface area contributed by atoms with Crippen molar-refractivity contribution in [3.05, 3.63) is 17.0 Å². The molecular weight excluding hydrogens is 420 g/mol. The third-order valence-electron chi connectivity index (χ3n) is 10.4. The van der Waals surface area contributed by atoms with E-state index in [9.17, 15) is 4.79 Å². The Hall–Kier alpha value is -1.36. The van der Waals surface area contributed by atoms with Gasteiger partial charge in [0.15, 0.2) is 5.69 Å². The molecule has 5 nitrogen and oxygen atoms in total. The molecule has 5 heteroatoms. The molecule has 0 aromatic carbocycles. The smallest absolute Gasteiger partial charge is 0.272 e. The number of amides is 1. The van der Waals surface area contributed by atoms with Crippen LogP contribution in [0.3, 0.4) is 0 Å². The first-order valence-electron chi connectivity index (χ1n) is 14.7. The summed E-state index contributed by atoms with van der Waals surface area (Å²) in [5.41, 5.74) is 3.45. The van der Waals surface area contributed by atoms with Gasteiger partial charge >= 0.3 is 0 Å². The van der Waals surface area contributed by atoms with Crippen molar-refractivity contribution in [2.75, 3.05) is 6.54 Å². The Kier molecular flexibility index (Phi) is 6.51. The van der Waals surface area contributed by atoms with Gasteiger partial charge in [-0.2, -0.15) is 5.10 Å². The number of fused-ring (bicyclic) bond motifs is 1. The molecule has 2 unspecified atom stereocenters. The molecule has 1 aromatic rings. The molecule has 0 aliphatic heterocycles. The Balaban J connectivity index is 1.25. The van der Waals surface area contributed by atoms with Crippen molar-refractivity contribution in [3.63, 3.8) is 0 Å². The van der Waals surface area contributed by atoms with Crippen LogP contribution in [0.4, 0.5) is 0 Å². The second-order valence-electron chi connectivity index (χ2n) is 12.7. The predicted molar refractivity (Wildman–Crippen MR) is 136 cm³/mol. The molecule has 2 atom stereocenters. The second kappa shape index (κ2) is 9.59. The lowest BCUT2D eigenvalue weighted by Gasteiger charge is -2.54. The lowest BCUT2D eigenvalue weighted by atomic mass is 9.54. The largest absolute Gasteiger partial charge is 0.347 e. The predicted octanol–water partition coefficient (Wildman–Crippen LogP) is 5.44. The summed E-state index contributed by atoms with van der Waals surface area (Å²) in [6.07, 6.45) is 17.7. The highest BCUT2D eigenvalue weighted by atomic mass is 16.2. The van der Waals surface area contributed by atoms with E-state index in [0.29, 0.717) is 35.9 Å². The molecule has 0 spiro atoms. The first kappa shape index (κ1) is 23.1. The van der Waals surface area contributed by atoms with E-state index in [1.807, 2.05) is 0 Å². The minimum atomic E-state index is 0.137. The summed E-state index contributed by atoms with van der Waals surface area (Å²) < 4.78 is 2.33. The average Bonchev–Trinajstić information content (AvgIpc) is 3.24. The molecule has 6 aliphatic carbocycles. The Morgan fingerprint density at radius 1 is 1.03 bits per heavy atom. The summed E-state index contributed by atoms with van der Waals surface area (Å²) >= 11 is 0. The van der Waals surface area contributed by atoms with Gasteiger partial charge in [0.05, 0.1) is 6.04 Å². The van der Waals surface area contributed by atoms with Gasteiger partial charge in [-0.1, -0.05) is 26.2 Å². The summed E-state index contributed by atoms with van der Waals surface area (Å²) in [4.78, 5) is 13.9. The number of carbonyl (C=O) groups excluding carboxylic acids is 1. The van der Waals surface area contributed by atoms with E-state index in [-0.39, 0.29) is 5.91 Å². The Morgan fingerprint density at radius 3 is 2.41 bits per heavy atom. The Bertz CT molecular complexity index is 857. The van der Waals surface area contributed by atoms with Crippen LogP contribution in [0.25, 0.3) is 0 Å². The molecule has 0 radical (unpaired) electrons. The fourth-order valence-corrected chi connectivity index (χ4v) is 8.83. The first-order chi connectivity index (χ1) is 16.6. The van der Waals surface area contributed by atoms with Crippen LogP contribution in [0, 0.1) is 29.6 Å². The minimum Gasteiger partial charge on any atom is -0.347 e. The molecule has 6 aliphatic rings. The van der Waals surface area contributed by atoms with Crippen LogP contribution >= 0.6 is 0 Å². The van der Waals surface area contributed by atoms with E-state index in [0.717, 1.165) is 36.9 Å². The molecular formula is C29H46N4O. The van der Waals surface area contributed by atoms with Gasteiger partial charge in [-0.15, -0.1) is 0 Å². The molecule has 0 saturated heterocycles. The van der Waals surface area contributed by atoms with Crippen LogP contribution in [0.15, 0.2) is 0 Å².